The minimum atomic E-state index is -1.05. The molecule has 0 spiro atoms. The van der Waals surface area contributed by atoms with E-state index in [1.165, 1.54) is 18.4 Å². The van der Waals surface area contributed by atoms with Crippen LogP contribution in [0.4, 0.5) is 0 Å². The van der Waals surface area contributed by atoms with Crippen molar-refractivity contribution in [1.29, 1.82) is 0 Å². The van der Waals surface area contributed by atoms with E-state index in [2.05, 4.69) is 17.4 Å². The summed E-state index contributed by atoms with van der Waals surface area (Å²) in [4.78, 5) is 38.1. The largest absolute Gasteiger partial charge is 0.478 e. The van der Waals surface area contributed by atoms with E-state index in [1.807, 2.05) is 24.3 Å². The normalized spacial score (nSPS) is 16.8. The second kappa shape index (κ2) is 8.80. The van der Waals surface area contributed by atoms with Crippen molar-refractivity contribution in [2.45, 2.75) is 63.3 Å². The molecule has 5 aromatic rings. The molecule has 5 nitrogen and oxygen atoms in total. The maximum Gasteiger partial charge on any atom is 0.336 e. The SMILES string of the molecule is O=Cc1ccc2c3ccc(C(=O)NC4CCCC4)c4c(C(=O)O)ccc(c5ccc(C6CCCC6)c1c25)c43. The first-order chi connectivity index (χ1) is 18.6. The van der Waals surface area contributed by atoms with Gasteiger partial charge in [-0.1, -0.05) is 62.1 Å². The molecule has 0 aliphatic heterocycles. The van der Waals surface area contributed by atoms with Gasteiger partial charge in [-0.2, -0.15) is 0 Å². The van der Waals surface area contributed by atoms with E-state index in [-0.39, 0.29) is 17.5 Å². The highest BCUT2D eigenvalue weighted by Crippen LogP contribution is 2.46. The number of benzene rings is 5. The Morgan fingerprint density at radius 3 is 1.87 bits per heavy atom. The summed E-state index contributed by atoms with van der Waals surface area (Å²) in [7, 11) is 0. The van der Waals surface area contributed by atoms with Gasteiger partial charge in [-0.3, -0.25) is 9.59 Å². The number of carboxylic acids is 1. The Morgan fingerprint density at radius 2 is 1.24 bits per heavy atom. The number of aromatic carboxylic acids is 1. The van der Waals surface area contributed by atoms with Gasteiger partial charge in [0.15, 0.2) is 6.29 Å². The van der Waals surface area contributed by atoms with E-state index in [4.69, 9.17) is 0 Å². The number of fused-ring (bicyclic) bond motifs is 2. The van der Waals surface area contributed by atoms with Crippen LogP contribution in [0.2, 0.25) is 0 Å². The highest BCUT2D eigenvalue weighted by molar-refractivity contribution is 6.37. The fourth-order valence-electron chi connectivity index (χ4n) is 7.32. The maximum atomic E-state index is 13.5. The number of hydrogen-bond acceptors (Lipinski definition) is 3. The Kier molecular flexibility index (Phi) is 5.36. The van der Waals surface area contributed by atoms with Gasteiger partial charge < -0.3 is 10.4 Å². The topological polar surface area (TPSA) is 83.5 Å². The molecule has 0 unspecified atom stereocenters. The molecule has 0 atom stereocenters. The lowest BCUT2D eigenvalue weighted by Gasteiger charge is -2.21. The van der Waals surface area contributed by atoms with Crippen molar-refractivity contribution in [3.05, 3.63) is 70.8 Å². The van der Waals surface area contributed by atoms with E-state index in [1.54, 1.807) is 12.1 Å². The van der Waals surface area contributed by atoms with E-state index >= 15 is 0 Å². The highest BCUT2D eigenvalue weighted by Gasteiger charge is 2.27. The lowest BCUT2D eigenvalue weighted by molar-refractivity contribution is 0.0699. The molecule has 2 fully saturated rings. The van der Waals surface area contributed by atoms with E-state index in [0.717, 1.165) is 82.5 Å². The van der Waals surface area contributed by atoms with Gasteiger partial charge in [0.1, 0.15) is 0 Å². The van der Waals surface area contributed by atoms with E-state index < -0.39 is 5.97 Å². The number of carbonyl (C=O) groups excluding carboxylic acids is 2. The Balaban J connectivity index is 1.58. The Bertz CT molecular complexity index is 1750. The van der Waals surface area contributed by atoms with Crippen LogP contribution in [-0.4, -0.2) is 29.3 Å². The number of aldehydes is 1. The van der Waals surface area contributed by atoms with Gasteiger partial charge in [-0.15, -0.1) is 0 Å². The third-order valence-corrected chi connectivity index (χ3v) is 9.05. The van der Waals surface area contributed by atoms with Gasteiger partial charge in [0, 0.05) is 22.6 Å². The first-order valence-electron chi connectivity index (χ1n) is 13.8. The van der Waals surface area contributed by atoms with Crippen LogP contribution < -0.4 is 5.32 Å². The molecule has 2 aliphatic carbocycles. The summed E-state index contributed by atoms with van der Waals surface area (Å²) in [6.45, 7) is 0. The van der Waals surface area contributed by atoms with Crippen LogP contribution in [0.25, 0.3) is 43.1 Å². The fourth-order valence-corrected chi connectivity index (χ4v) is 7.32. The smallest absolute Gasteiger partial charge is 0.336 e. The third kappa shape index (κ3) is 3.34. The molecule has 0 heterocycles. The second-order valence-corrected chi connectivity index (χ2v) is 11.1. The number of amides is 1. The zero-order chi connectivity index (χ0) is 26.0. The molecule has 38 heavy (non-hydrogen) atoms. The van der Waals surface area contributed by atoms with Crippen molar-refractivity contribution in [2.24, 2.45) is 0 Å². The first-order valence-corrected chi connectivity index (χ1v) is 13.8. The number of carbonyl (C=O) groups is 3. The fraction of sp³-hybridized carbons (Fsp3) is 0.303. The average molecular weight is 504 g/mol. The van der Waals surface area contributed by atoms with Gasteiger partial charge >= 0.3 is 5.97 Å². The summed E-state index contributed by atoms with van der Waals surface area (Å²) in [6, 6.07) is 15.6. The summed E-state index contributed by atoms with van der Waals surface area (Å²) in [5.41, 5.74) is 2.47. The van der Waals surface area contributed by atoms with E-state index in [9.17, 15) is 19.5 Å². The number of rotatable bonds is 5. The second-order valence-electron chi connectivity index (χ2n) is 11.1. The van der Waals surface area contributed by atoms with Crippen LogP contribution in [0, 0.1) is 0 Å². The zero-order valence-electron chi connectivity index (χ0n) is 21.2. The molecular formula is C33H29NO4. The molecule has 0 radical (unpaired) electrons. The van der Waals surface area contributed by atoms with Crippen LogP contribution in [0.1, 0.15) is 93.9 Å². The number of hydrogen-bond donors (Lipinski definition) is 2. The molecule has 7 rings (SSSR count). The third-order valence-electron chi connectivity index (χ3n) is 9.05. The molecule has 0 bridgehead atoms. The molecule has 2 saturated carbocycles. The van der Waals surface area contributed by atoms with Crippen LogP contribution in [0.3, 0.4) is 0 Å². The summed E-state index contributed by atoms with van der Waals surface area (Å²) < 4.78 is 0. The molecule has 190 valence electrons. The molecule has 2 aliphatic rings. The Labute approximate surface area is 220 Å². The molecule has 0 aromatic heterocycles. The summed E-state index contributed by atoms with van der Waals surface area (Å²) >= 11 is 0. The van der Waals surface area contributed by atoms with Crippen molar-refractivity contribution >= 4 is 61.3 Å². The molecular weight excluding hydrogens is 474 g/mol. The molecule has 2 N–H and O–H groups in total. The molecule has 1 amide bonds. The predicted octanol–water partition coefficient (Wildman–Crippen LogP) is 7.58. The summed E-state index contributed by atoms with van der Waals surface area (Å²) in [6.07, 6.45) is 9.73. The lowest BCUT2D eigenvalue weighted by Crippen LogP contribution is -2.32. The number of carboxylic acid groups (broad SMARTS) is 1. The van der Waals surface area contributed by atoms with Crippen molar-refractivity contribution in [3.63, 3.8) is 0 Å². The zero-order valence-corrected chi connectivity index (χ0v) is 21.2. The van der Waals surface area contributed by atoms with Gasteiger partial charge in [0.2, 0.25) is 0 Å². The van der Waals surface area contributed by atoms with Crippen molar-refractivity contribution in [2.75, 3.05) is 0 Å². The highest BCUT2D eigenvalue weighted by atomic mass is 16.4. The predicted molar refractivity (Wildman–Crippen MR) is 151 cm³/mol. The maximum absolute atomic E-state index is 13.5. The van der Waals surface area contributed by atoms with Crippen molar-refractivity contribution in [3.8, 4) is 0 Å². The van der Waals surface area contributed by atoms with Crippen LogP contribution in [-0.2, 0) is 0 Å². The first kappa shape index (κ1) is 23.2. The van der Waals surface area contributed by atoms with Gasteiger partial charge in [0.05, 0.1) is 5.56 Å². The average Bonchev–Trinajstić information content (AvgIpc) is 3.65. The van der Waals surface area contributed by atoms with Crippen LogP contribution in [0.5, 0.6) is 0 Å². The minimum Gasteiger partial charge on any atom is -0.478 e. The Morgan fingerprint density at radius 1 is 0.684 bits per heavy atom. The van der Waals surface area contributed by atoms with E-state index in [0.29, 0.717) is 22.4 Å². The van der Waals surface area contributed by atoms with Gasteiger partial charge in [0.25, 0.3) is 5.91 Å². The molecule has 5 aromatic carbocycles. The summed E-state index contributed by atoms with van der Waals surface area (Å²) in [5.74, 6) is -0.824. The molecule has 5 heteroatoms. The summed E-state index contributed by atoms with van der Waals surface area (Å²) in [5, 5.41) is 20.5. The monoisotopic (exact) mass is 503 g/mol. The van der Waals surface area contributed by atoms with Crippen LogP contribution >= 0.6 is 0 Å². The quantitative estimate of drug-likeness (QED) is 0.147. The molecule has 0 saturated heterocycles. The van der Waals surface area contributed by atoms with Crippen LogP contribution in [0.15, 0.2) is 48.5 Å². The lowest BCUT2D eigenvalue weighted by atomic mass is 9.82. The van der Waals surface area contributed by atoms with Gasteiger partial charge in [-0.25, -0.2) is 4.79 Å². The van der Waals surface area contributed by atoms with Crippen molar-refractivity contribution < 1.29 is 19.5 Å². The van der Waals surface area contributed by atoms with Crippen molar-refractivity contribution in [1.82, 2.24) is 5.32 Å². The standard InChI is InChI=1S/C33H29NO4/c35-17-19-9-10-22-24-13-15-26(32(36)34-20-7-3-4-8-20)31-27(33(37)38)16-14-25(30(24)31)23-12-11-21(28(19)29(22)23)18-5-1-2-6-18/h9-18,20H,1-8H2,(H,34,36)(H,37,38). The number of nitrogens with one attached hydrogen (secondary N) is 1. The van der Waals surface area contributed by atoms with Gasteiger partial charge in [-0.05, 0) is 87.0 Å². The minimum absolute atomic E-state index is 0.131. The Hall–Kier alpha value is -3.99.